The van der Waals surface area contributed by atoms with Gasteiger partial charge < -0.3 is 9.53 Å². The van der Waals surface area contributed by atoms with Gasteiger partial charge in [-0.1, -0.05) is 33.1 Å². The predicted octanol–water partition coefficient (Wildman–Crippen LogP) is 2.41. The Hall–Kier alpha value is -0.900. The Balaban J connectivity index is 1.80. The lowest BCUT2D eigenvalue weighted by atomic mass is 9.69. The highest BCUT2D eigenvalue weighted by Gasteiger charge is 2.53. The summed E-state index contributed by atoms with van der Waals surface area (Å²) in [6.45, 7) is 4.09. The number of unbranched alkanes of at least 4 members (excludes halogenated alkanes) is 2. The second-order valence-corrected chi connectivity index (χ2v) is 6.21. The molecule has 2 saturated heterocycles. The second-order valence-electron chi connectivity index (χ2n) is 6.21. The number of hydrogen-bond donors (Lipinski definition) is 1. The van der Waals surface area contributed by atoms with Crippen molar-refractivity contribution < 1.29 is 14.3 Å². The first-order valence-electron chi connectivity index (χ1n) is 7.54. The summed E-state index contributed by atoms with van der Waals surface area (Å²) in [6, 6.07) is -0.143. The van der Waals surface area contributed by atoms with Crippen LogP contribution in [0.2, 0.25) is 0 Å². The van der Waals surface area contributed by atoms with Crippen LogP contribution in [0.25, 0.3) is 0 Å². The highest BCUT2D eigenvalue weighted by Crippen LogP contribution is 2.46. The summed E-state index contributed by atoms with van der Waals surface area (Å²) >= 11 is 0. The van der Waals surface area contributed by atoms with Crippen molar-refractivity contribution in [3.05, 3.63) is 0 Å². The minimum Gasteiger partial charge on any atom is -0.444 e. The van der Waals surface area contributed by atoms with Crippen molar-refractivity contribution in [2.75, 3.05) is 0 Å². The zero-order valence-corrected chi connectivity index (χ0v) is 12.0. The SMILES string of the molecule is CCCCCC(C)C(=O)OC12CC(CC(C=O)N1)C2. The van der Waals surface area contributed by atoms with Gasteiger partial charge in [0, 0.05) is 12.8 Å². The molecule has 0 aromatic rings. The van der Waals surface area contributed by atoms with Crippen LogP contribution in [0.1, 0.15) is 58.8 Å². The Morgan fingerprint density at radius 3 is 2.84 bits per heavy atom. The van der Waals surface area contributed by atoms with Crippen molar-refractivity contribution in [1.29, 1.82) is 0 Å². The average Bonchev–Trinajstić information content (AvgIpc) is 2.37. The molecule has 3 aliphatic rings. The molecule has 0 aromatic carbocycles. The van der Waals surface area contributed by atoms with Crippen LogP contribution in [0, 0.1) is 11.8 Å². The van der Waals surface area contributed by atoms with Crippen molar-refractivity contribution in [1.82, 2.24) is 5.32 Å². The third-order valence-electron chi connectivity index (χ3n) is 4.38. The van der Waals surface area contributed by atoms with Crippen LogP contribution in [0.15, 0.2) is 0 Å². The molecule has 2 unspecified atom stereocenters. The van der Waals surface area contributed by atoms with Crippen molar-refractivity contribution in [3.8, 4) is 0 Å². The summed E-state index contributed by atoms with van der Waals surface area (Å²) in [4.78, 5) is 22.9. The number of carbonyl (C=O) groups excluding carboxylic acids is 2. The number of piperidine rings is 2. The number of nitrogens with one attached hydrogen (secondary N) is 1. The molecule has 4 heteroatoms. The largest absolute Gasteiger partial charge is 0.444 e. The minimum atomic E-state index is -0.537. The van der Waals surface area contributed by atoms with Gasteiger partial charge in [0.05, 0.1) is 12.0 Å². The van der Waals surface area contributed by atoms with Gasteiger partial charge >= 0.3 is 5.97 Å². The molecule has 0 amide bonds. The Labute approximate surface area is 115 Å². The van der Waals surface area contributed by atoms with Gasteiger partial charge in [-0.2, -0.15) is 0 Å². The molecule has 3 fully saturated rings. The fraction of sp³-hybridized carbons (Fsp3) is 0.867. The van der Waals surface area contributed by atoms with Crippen LogP contribution in [0.4, 0.5) is 0 Å². The van der Waals surface area contributed by atoms with Crippen molar-refractivity contribution in [2.24, 2.45) is 11.8 Å². The standard InChI is InChI=1S/C15H25NO3/c1-3-4-5-6-11(2)14(18)19-15-8-12(9-15)7-13(10-17)16-15/h10-13,16H,3-9H2,1-2H3. The molecule has 0 aromatic heterocycles. The maximum absolute atomic E-state index is 12.1. The van der Waals surface area contributed by atoms with E-state index in [4.69, 9.17) is 4.74 Å². The first-order valence-corrected chi connectivity index (χ1v) is 7.54. The van der Waals surface area contributed by atoms with Crippen LogP contribution in [-0.4, -0.2) is 24.0 Å². The molecule has 108 valence electrons. The summed E-state index contributed by atoms with van der Waals surface area (Å²) in [5.74, 6) is 0.381. The number of hydrogen-bond acceptors (Lipinski definition) is 4. The zero-order chi connectivity index (χ0) is 13.9. The van der Waals surface area contributed by atoms with E-state index in [1.165, 1.54) is 0 Å². The molecule has 2 bridgehead atoms. The number of fused-ring (bicyclic) bond motifs is 2. The molecule has 1 aliphatic carbocycles. The van der Waals surface area contributed by atoms with Crippen molar-refractivity contribution >= 4 is 12.3 Å². The van der Waals surface area contributed by atoms with Gasteiger partial charge in [0.25, 0.3) is 0 Å². The predicted molar refractivity (Wildman–Crippen MR) is 72.5 cm³/mol. The van der Waals surface area contributed by atoms with E-state index in [0.717, 1.165) is 51.2 Å². The summed E-state index contributed by atoms with van der Waals surface area (Å²) in [6.07, 6.45) is 7.84. The molecular weight excluding hydrogens is 242 g/mol. The molecule has 2 aliphatic heterocycles. The normalized spacial score (nSPS) is 34.2. The average molecular weight is 267 g/mol. The maximum Gasteiger partial charge on any atom is 0.310 e. The van der Waals surface area contributed by atoms with Crippen LogP contribution in [-0.2, 0) is 14.3 Å². The van der Waals surface area contributed by atoms with Gasteiger partial charge in [-0.05, 0) is 18.8 Å². The van der Waals surface area contributed by atoms with E-state index in [1.807, 2.05) is 6.92 Å². The van der Waals surface area contributed by atoms with Crippen molar-refractivity contribution in [3.63, 3.8) is 0 Å². The smallest absolute Gasteiger partial charge is 0.310 e. The van der Waals surface area contributed by atoms with Crippen LogP contribution >= 0.6 is 0 Å². The Kier molecular flexibility index (Phi) is 4.61. The van der Waals surface area contributed by atoms with Gasteiger partial charge in [0.2, 0.25) is 0 Å². The van der Waals surface area contributed by atoms with Crippen molar-refractivity contribution in [2.45, 2.75) is 70.6 Å². The molecular formula is C15H25NO3. The molecule has 0 spiro atoms. The molecule has 4 nitrogen and oxygen atoms in total. The van der Waals surface area contributed by atoms with Gasteiger partial charge in [0.15, 0.2) is 5.72 Å². The fourth-order valence-corrected chi connectivity index (χ4v) is 3.23. The number of aldehydes is 1. The second kappa shape index (κ2) is 6.04. The number of ether oxygens (including phenoxy) is 1. The lowest BCUT2D eigenvalue weighted by Gasteiger charge is -2.53. The van der Waals surface area contributed by atoms with E-state index < -0.39 is 5.72 Å². The fourth-order valence-electron chi connectivity index (χ4n) is 3.23. The van der Waals surface area contributed by atoms with Gasteiger partial charge in [0.1, 0.15) is 6.29 Å². The monoisotopic (exact) mass is 267 g/mol. The Bertz CT molecular complexity index is 336. The lowest BCUT2D eigenvalue weighted by molar-refractivity contribution is -0.201. The van der Waals surface area contributed by atoms with E-state index in [2.05, 4.69) is 12.2 Å². The summed E-state index contributed by atoms with van der Waals surface area (Å²) in [5, 5.41) is 3.19. The third-order valence-corrected chi connectivity index (χ3v) is 4.38. The number of esters is 1. The maximum atomic E-state index is 12.1. The first-order chi connectivity index (χ1) is 9.08. The molecule has 0 radical (unpaired) electrons. The van der Waals surface area contributed by atoms with Gasteiger partial charge in [-0.25, -0.2) is 0 Å². The lowest BCUT2D eigenvalue weighted by Crippen LogP contribution is -2.67. The van der Waals surface area contributed by atoms with Crippen LogP contribution < -0.4 is 5.32 Å². The van der Waals surface area contributed by atoms with Crippen LogP contribution in [0.5, 0.6) is 0 Å². The molecule has 19 heavy (non-hydrogen) atoms. The molecule has 2 atom stereocenters. The van der Waals surface area contributed by atoms with E-state index in [1.54, 1.807) is 0 Å². The first kappa shape index (κ1) is 14.5. The van der Waals surface area contributed by atoms with E-state index in [9.17, 15) is 9.59 Å². The zero-order valence-electron chi connectivity index (χ0n) is 12.0. The summed E-state index contributed by atoms with van der Waals surface area (Å²) in [5.41, 5.74) is -0.537. The summed E-state index contributed by atoms with van der Waals surface area (Å²) < 4.78 is 5.66. The molecule has 2 heterocycles. The minimum absolute atomic E-state index is 0.0432. The molecule has 1 N–H and O–H groups in total. The third kappa shape index (κ3) is 3.35. The molecule has 3 rings (SSSR count). The topological polar surface area (TPSA) is 55.4 Å². The Morgan fingerprint density at radius 2 is 2.21 bits per heavy atom. The highest BCUT2D eigenvalue weighted by molar-refractivity contribution is 5.72. The number of rotatable bonds is 7. The summed E-state index contributed by atoms with van der Waals surface area (Å²) in [7, 11) is 0. The van der Waals surface area contributed by atoms with Gasteiger partial charge in [-0.15, -0.1) is 0 Å². The highest BCUT2D eigenvalue weighted by atomic mass is 16.6. The number of carbonyl (C=O) groups is 2. The molecule has 1 saturated carbocycles. The van der Waals surface area contributed by atoms with Crippen LogP contribution in [0.3, 0.4) is 0 Å². The van der Waals surface area contributed by atoms with Gasteiger partial charge in [-0.3, -0.25) is 10.1 Å². The van der Waals surface area contributed by atoms with E-state index in [-0.39, 0.29) is 17.9 Å². The Morgan fingerprint density at radius 1 is 1.47 bits per heavy atom. The quantitative estimate of drug-likeness (QED) is 0.437. The van der Waals surface area contributed by atoms with E-state index >= 15 is 0 Å². The van der Waals surface area contributed by atoms with E-state index in [0.29, 0.717) is 5.92 Å².